The Bertz CT molecular complexity index is 942. The highest BCUT2D eigenvalue weighted by Gasteiger charge is 2.66. The summed E-state index contributed by atoms with van der Waals surface area (Å²) >= 11 is 0. The number of nitrogens with one attached hydrogen (secondary N) is 1. The van der Waals surface area contributed by atoms with Crippen molar-refractivity contribution in [1.29, 1.82) is 0 Å². The first-order valence-corrected chi connectivity index (χ1v) is 15.6. The molecule has 5 saturated carbocycles. The molecule has 8 atom stereocenters. The van der Waals surface area contributed by atoms with Crippen LogP contribution in [0.2, 0.25) is 0 Å². The topological polar surface area (TPSA) is 55.4 Å². The van der Waals surface area contributed by atoms with E-state index in [1.807, 2.05) is 34.6 Å². The Hall–Kier alpha value is -1.32. The standard InChI is InChI=1S/C30H49NO3.C4H8.CH4/c1-26(2,3)34-25(33)31-30-15-8-9-21(30)19-10-11-23-28(6,20(19)12-18-30)16-13-22-27(4,5)24(32)14-17-29(22,23)7;1-4(2)3;/h19-23H,8-18H2,1-7H3,(H,31,33);1H2,2-3H3;1H4/t19?,20?,21-,22?,23?,28?,29?,30?;;/m1../s1. The highest BCUT2D eigenvalue weighted by Crippen LogP contribution is 2.71. The first-order chi connectivity index (χ1) is 17.5. The van der Waals surface area contributed by atoms with E-state index in [1.54, 1.807) is 0 Å². The minimum absolute atomic E-state index is 0. The summed E-state index contributed by atoms with van der Waals surface area (Å²) in [6, 6.07) is 0. The minimum atomic E-state index is -0.458. The largest absolute Gasteiger partial charge is 0.444 e. The van der Waals surface area contributed by atoms with Gasteiger partial charge in [-0.2, -0.15) is 0 Å². The molecule has 1 N–H and O–H groups in total. The minimum Gasteiger partial charge on any atom is -0.444 e. The Morgan fingerprint density at radius 1 is 0.872 bits per heavy atom. The van der Waals surface area contributed by atoms with Crippen LogP contribution in [0.3, 0.4) is 0 Å². The summed E-state index contributed by atoms with van der Waals surface area (Å²) in [4.78, 5) is 25.7. The number of fused-ring (bicyclic) bond motifs is 7. The lowest BCUT2D eigenvalue weighted by molar-refractivity contribution is -0.193. The number of amides is 1. The summed E-state index contributed by atoms with van der Waals surface area (Å²) in [6.07, 6.45) is 12.6. The normalized spacial score (nSPS) is 42.2. The van der Waals surface area contributed by atoms with E-state index in [2.05, 4.69) is 39.6 Å². The molecule has 4 nitrogen and oxygen atoms in total. The lowest BCUT2D eigenvalue weighted by atomic mass is 9.36. The highest BCUT2D eigenvalue weighted by molar-refractivity contribution is 5.85. The van der Waals surface area contributed by atoms with Crippen molar-refractivity contribution in [3.63, 3.8) is 0 Å². The predicted octanol–water partition coefficient (Wildman–Crippen LogP) is 9.52. The number of hydrogen-bond donors (Lipinski definition) is 1. The zero-order valence-corrected chi connectivity index (χ0v) is 26.1. The Balaban J connectivity index is 0.000000788. The molecule has 5 aliphatic carbocycles. The van der Waals surface area contributed by atoms with E-state index in [9.17, 15) is 9.59 Å². The van der Waals surface area contributed by atoms with Gasteiger partial charge in [-0.25, -0.2) is 4.79 Å². The predicted molar refractivity (Wildman–Crippen MR) is 163 cm³/mol. The second-order valence-electron chi connectivity index (χ2n) is 16.2. The smallest absolute Gasteiger partial charge is 0.408 e. The Kier molecular flexibility index (Phi) is 8.94. The molecule has 0 bridgehead atoms. The summed E-state index contributed by atoms with van der Waals surface area (Å²) < 4.78 is 5.71. The molecule has 5 rings (SSSR count). The molecule has 7 unspecified atom stereocenters. The van der Waals surface area contributed by atoms with Gasteiger partial charge < -0.3 is 10.1 Å². The molecule has 5 aliphatic rings. The van der Waals surface area contributed by atoms with E-state index in [4.69, 9.17) is 4.74 Å². The van der Waals surface area contributed by atoms with Crippen molar-refractivity contribution in [3.8, 4) is 0 Å². The number of Topliss-reactive ketones (excluding diaryl/α,β-unsaturated/α-hetero) is 1. The van der Waals surface area contributed by atoms with Gasteiger partial charge in [0.15, 0.2) is 0 Å². The third kappa shape index (κ3) is 5.61. The summed E-state index contributed by atoms with van der Waals surface area (Å²) in [6.45, 7) is 23.0. The molecule has 0 aliphatic heterocycles. The zero-order valence-electron chi connectivity index (χ0n) is 26.1. The molecule has 0 aromatic carbocycles. The van der Waals surface area contributed by atoms with E-state index in [0.717, 1.165) is 37.5 Å². The molecular formula is C35H61NO3. The average molecular weight is 544 g/mol. The molecule has 0 radical (unpaired) electrons. The van der Waals surface area contributed by atoms with Crippen LogP contribution in [-0.4, -0.2) is 23.0 Å². The Labute approximate surface area is 240 Å². The SMILES string of the molecule is C.C=C(C)C.CC(C)(C)OC(=O)NC12CCC[C@@H]1C1CCC3C(C)(CCC4C(C)(C)C(=O)CCC43C)C1CC2. The van der Waals surface area contributed by atoms with Crippen molar-refractivity contribution in [2.45, 2.75) is 152 Å². The van der Waals surface area contributed by atoms with Gasteiger partial charge in [0.2, 0.25) is 0 Å². The molecule has 0 heterocycles. The fourth-order valence-corrected chi connectivity index (χ4v) is 10.7. The number of hydrogen-bond acceptors (Lipinski definition) is 3. The second kappa shape index (κ2) is 10.8. The van der Waals surface area contributed by atoms with E-state index in [0.29, 0.717) is 29.0 Å². The van der Waals surface area contributed by atoms with Gasteiger partial charge in [-0.1, -0.05) is 47.1 Å². The summed E-state index contributed by atoms with van der Waals surface area (Å²) in [5, 5.41) is 3.44. The maximum absolute atomic E-state index is 12.9. The van der Waals surface area contributed by atoms with Crippen molar-refractivity contribution in [2.24, 2.45) is 45.8 Å². The molecule has 39 heavy (non-hydrogen) atoms. The Morgan fingerprint density at radius 2 is 1.51 bits per heavy atom. The molecule has 5 fully saturated rings. The molecule has 0 aromatic rings. The molecule has 0 spiro atoms. The molecule has 4 heteroatoms. The first-order valence-electron chi connectivity index (χ1n) is 15.6. The number of ketones is 1. The molecular weight excluding hydrogens is 482 g/mol. The lowest BCUT2D eigenvalue weighted by Gasteiger charge is -2.68. The monoisotopic (exact) mass is 543 g/mol. The van der Waals surface area contributed by atoms with Crippen molar-refractivity contribution < 1.29 is 14.3 Å². The summed E-state index contributed by atoms with van der Waals surface area (Å²) in [5.41, 5.74) is 1.13. The first kappa shape index (κ1) is 32.2. The van der Waals surface area contributed by atoms with Crippen LogP contribution < -0.4 is 5.32 Å². The van der Waals surface area contributed by atoms with Crippen LogP contribution in [0.5, 0.6) is 0 Å². The van der Waals surface area contributed by atoms with Crippen LogP contribution in [0, 0.1) is 45.8 Å². The van der Waals surface area contributed by atoms with E-state index >= 15 is 0 Å². The van der Waals surface area contributed by atoms with Crippen molar-refractivity contribution in [2.75, 3.05) is 0 Å². The summed E-state index contributed by atoms with van der Waals surface area (Å²) in [5.74, 6) is 3.80. The number of rotatable bonds is 1. The van der Waals surface area contributed by atoms with Crippen molar-refractivity contribution >= 4 is 11.9 Å². The van der Waals surface area contributed by atoms with Gasteiger partial charge in [-0.05, 0) is 133 Å². The highest BCUT2D eigenvalue weighted by atomic mass is 16.6. The van der Waals surface area contributed by atoms with Gasteiger partial charge in [-0.3, -0.25) is 4.79 Å². The fraction of sp³-hybridized carbons (Fsp3) is 0.886. The van der Waals surface area contributed by atoms with Crippen molar-refractivity contribution in [1.82, 2.24) is 5.32 Å². The van der Waals surface area contributed by atoms with E-state index in [1.165, 1.54) is 50.5 Å². The number of carbonyl (C=O) groups excluding carboxylic acids is 2. The van der Waals surface area contributed by atoms with E-state index < -0.39 is 5.60 Å². The molecule has 224 valence electrons. The zero-order chi connectivity index (χ0) is 28.3. The van der Waals surface area contributed by atoms with E-state index in [-0.39, 0.29) is 29.9 Å². The molecule has 0 aromatic heterocycles. The maximum Gasteiger partial charge on any atom is 0.408 e. The van der Waals surface area contributed by atoms with Crippen LogP contribution in [0.15, 0.2) is 12.2 Å². The van der Waals surface area contributed by atoms with Gasteiger partial charge >= 0.3 is 6.09 Å². The number of allylic oxidation sites excluding steroid dienone is 1. The van der Waals surface area contributed by atoms with Crippen LogP contribution in [-0.2, 0) is 9.53 Å². The third-order valence-electron chi connectivity index (χ3n) is 12.0. The van der Waals surface area contributed by atoms with Crippen LogP contribution in [0.25, 0.3) is 0 Å². The molecule has 0 saturated heterocycles. The summed E-state index contributed by atoms with van der Waals surface area (Å²) in [7, 11) is 0. The Morgan fingerprint density at radius 3 is 2.13 bits per heavy atom. The average Bonchev–Trinajstić information content (AvgIpc) is 3.18. The number of alkyl carbamates (subject to hydrolysis) is 1. The third-order valence-corrected chi connectivity index (χ3v) is 12.0. The van der Waals surface area contributed by atoms with Crippen LogP contribution in [0.1, 0.15) is 140 Å². The van der Waals surface area contributed by atoms with Gasteiger partial charge in [0.1, 0.15) is 11.4 Å². The van der Waals surface area contributed by atoms with Gasteiger partial charge in [0, 0.05) is 17.4 Å². The number of carbonyl (C=O) groups is 2. The molecule has 1 amide bonds. The van der Waals surface area contributed by atoms with Gasteiger partial charge in [-0.15, -0.1) is 6.58 Å². The van der Waals surface area contributed by atoms with Crippen LogP contribution >= 0.6 is 0 Å². The van der Waals surface area contributed by atoms with Crippen LogP contribution in [0.4, 0.5) is 4.79 Å². The lowest BCUT2D eigenvalue weighted by Crippen LogP contribution is -2.65. The fourth-order valence-electron chi connectivity index (χ4n) is 10.7. The number of ether oxygens (including phenoxy) is 1. The quantitative estimate of drug-likeness (QED) is 0.335. The van der Waals surface area contributed by atoms with Crippen molar-refractivity contribution in [3.05, 3.63) is 12.2 Å². The van der Waals surface area contributed by atoms with Gasteiger partial charge in [0.05, 0.1) is 0 Å². The second-order valence-corrected chi connectivity index (χ2v) is 16.2. The van der Waals surface area contributed by atoms with Gasteiger partial charge in [0.25, 0.3) is 0 Å². The maximum atomic E-state index is 12.9.